The number of unbranched alkanes of at least 4 members (excludes halogenated alkanes) is 6. The molecule has 0 amide bonds. The van der Waals surface area contributed by atoms with Crippen molar-refractivity contribution in [1.82, 2.24) is 0 Å². The van der Waals surface area contributed by atoms with Crippen LogP contribution in [0.1, 0.15) is 118 Å². The Morgan fingerprint density at radius 2 is 0.850 bits per heavy atom. The van der Waals surface area contributed by atoms with Crippen molar-refractivity contribution in [2.24, 2.45) is 11.8 Å². The van der Waals surface area contributed by atoms with Crippen LogP contribution in [0.5, 0.6) is 11.5 Å². The van der Waals surface area contributed by atoms with Gasteiger partial charge in [-0.1, -0.05) is 89.4 Å². The summed E-state index contributed by atoms with van der Waals surface area (Å²) < 4.78 is 11.6. The van der Waals surface area contributed by atoms with E-state index in [1.165, 1.54) is 0 Å². The number of carbonyl (C=O) groups excluding carboxylic acids is 4. The summed E-state index contributed by atoms with van der Waals surface area (Å²) in [7, 11) is 0. The molecule has 0 radical (unpaired) electrons. The van der Waals surface area contributed by atoms with E-state index in [2.05, 4.69) is 0 Å². The van der Waals surface area contributed by atoms with E-state index < -0.39 is 11.8 Å². The molecule has 0 aliphatic carbocycles. The highest BCUT2D eigenvalue weighted by Gasteiger charge is 2.23. The first kappa shape index (κ1) is 36.1. The molecule has 0 bridgehead atoms. The first-order valence-electron chi connectivity index (χ1n) is 15.0. The number of Topliss-reactive ketones (excluding diaryl/α,β-unsaturated/α-hetero) is 4. The average molecular weight is 600 g/mol. The van der Waals surface area contributed by atoms with E-state index in [0.717, 1.165) is 51.4 Å². The summed E-state index contributed by atoms with van der Waals surface area (Å²) >= 11 is 12.8. The van der Waals surface area contributed by atoms with E-state index >= 15 is 0 Å². The van der Waals surface area contributed by atoms with E-state index in [4.69, 9.17) is 32.7 Å². The Hall–Kier alpha value is -1.92. The zero-order valence-electron chi connectivity index (χ0n) is 24.8. The quantitative estimate of drug-likeness (QED) is 0.0872. The molecule has 1 aromatic carbocycles. The van der Waals surface area contributed by atoms with Crippen LogP contribution < -0.4 is 9.47 Å². The van der Waals surface area contributed by atoms with Gasteiger partial charge in [0.2, 0.25) is 0 Å². The van der Waals surface area contributed by atoms with Gasteiger partial charge in [0.05, 0.1) is 35.1 Å². The molecule has 40 heavy (non-hydrogen) atoms. The molecule has 8 heteroatoms. The van der Waals surface area contributed by atoms with Gasteiger partial charge in [-0.3, -0.25) is 19.2 Å². The van der Waals surface area contributed by atoms with Gasteiger partial charge in [0.1, 0.15) is 34.6 Å². The van der Waals surface area contributed by atoms with Gasteiger partial charge in [0.15, 0.2) is 0 Å². The molecule has 0 aliphatic rings. The highest BCUT2D eigenvalue weighted by Crippen LogP contribution is 2.36. The fourth-order valence-electron chi connectivity index (χ4n) is 4.69. The molecular formula is C32H48Cl2O6. The molecule has 0 heterocycles. The molecule has 0 atom stereocenters. The highest BCUT2D eigenvalue weighted by atomic mass is 35.5. The third-order valence-corrected chi connectivity index (χ3v) is 7.82. The number of rotatable bonds is 24. The van der Waals surface area contributed by atoms with Crippen LogP contribution in [0, 0.1) is 11.8 Å². The second-order valence-electron chi connectivity index (χ2n) is 10.2. The third kappa shape index (κ3) is 13.2. The minimum atomic E-state index is -0.444. The largest absolute Gasteiger partial charge is 0.492 e. The first-order chi connectivity index (χ1) is 19.2. The van der Waals surface area contributed by atoms with Crippen molar-refractivity contribution in [2.75, 3.05) is 13.2 Å². The second kappa shape index (κ2) is 20.9. The van der Waals surface area contributed by atoms with Crippen LogP contribution in [0.25, 0.3) is 0 Å². The lowest BCUT2D eigenvalue weighted by molar-refractivity contribution is -0.134. The van der Waals surface area contributed by atoms with Crippen molar-refractivity contribution in [3.05, 3.63) is 22.2 Å². The molecule has 0 N–H and O–H groups in total. The molecule has 0 fully saturated rings. The van der Waals surface area contributed by atoms with E-state index in [9.17, 15) is 19.2 Å². The Balaban J connectivity index is 2.32. The van der Waals surface area contributed by atoms with Crippen LogP contribution in [0.3, 0.4) is 0 Å². The van der Waals surface area contributed by atoms with Gasteiger partial charge in [0.25, 0.3) is 0 Å². The third-order valence-electron chi connectivity index (χ3n) is 7.22. The Labute approximate surface area is 250 Å². The van der Waals surface area contributed by atoms with Gasteiger partial charge in [-0.15, -0.1) is 0 Å². The summed E-state index contributed by atoms with van der Waals surface area (Å²) in [6.07, 6.45) is 9.98. The van der Waals surface area contributed by atoms with Gasteiger partial charge >= 0.3 is 0 Å². The molecular weight excluding hydrogens is 551 g/mol. The predicted molar refractivity (Wildman–Crippen MR) is 162 cm³/mol. The van der Waals surface area contributed by atoms with Crippen molar-refractivity contribution in [2.45, 2.75) is 118 Å². The molecule has 0 spiro atoms. The Kier molecular flexibility index (Phi) is 18.8. The number of halogens is 2. The molecule has 0 unspecified atom stereocenters. The van der Waals surface area contributed by atoms with E-state index in [1.807, 2.05) is 27.7 Å². The Morgan fingerprint density at radius 3 is 1.15 bits per heavy atom. The maximum absolute atomic E-state index is 12.0. The highest BCUT2D eigenvalue weighted by molar-refractivity contribution is 6.35. The molecule has 226 valence electrons. The summed E-state index contributed by atoms with van der Waals surface area (Å²) in [5.74, 6) is 0.323. The van der Waals surface area contributed by atoms with Crippen molar-refractivity contribution in [3.63, 3.8) is 0 Å². The summed E-state index contributed by atoms with van der Waals surface area (Å²) in [6, 6.07) is 3.35. The van der Waals surface area contributed by atoms with Crippen molar-refractivity contribution < 1.29 is 28.7 Å². The van der Waals surface area contributed by atoms with Crippen molar-refractivity contribution >= 4 is 46.3 Å². The minimum absolute atomic E-state index is 0.0462. The summed E-state index contributed by atoms with van der Waals surface area (Å²) in [5, 5.41) is 0.872. The molecule has 0 aromatic heterocycles. The van der Waals surface area contributed by atoms with Crippen LogP contribution in [-0.2, 0) is 19.2 Å². The maximum Gasteiger partial charge on any atom is 0.143 e. The fraction of sp³-hybridized carbons (Fsp3) is 0.688. The SMILES string of the molecule is CCC(=O)C(CCCCCCOc1cc(Cl)c(OCCCCCCC(C(=O)CC)C(=O)CC)cc1Cl)C(=O)CC. The van der Waals surface area contributed by atoms with Gasteiger partial charge < -0.3 is 9.47 Å². The smallest absolute Gasteiger partial charge is 0.143 e. The number of hydrogen-bond acceptors (Lipinski definition) is 6. The van der Waals surface area contributed by atoms with Crippen molar-refractivity contribution in [3.8, 4) is 11.5 Å². The average Bonchev–Trinajstić information content (AvgIpc) is 2.96. The van der Waals surface area contributed by atoms with Crippen LogP contribution >= 0.6 is 23.2 Å². The van der Waals surface area contributed by atoms with E-state index in [-0.39, 0.29) is 23.1 Å². The topological polar surface area (TPSA) is 86.7 Å². The number of ketones is 4. The van der Waals surface area contributed by atoms with E-state index in [0.29, 0.717) is 73.3 Å². The maximum atomic E-state index is 12.0. The summed E-state index contributed by atoms with van der Waals surface area (Å²) in [6.45, 7) is 8.22. The normalized spacial score (nSPS) is 11.2. The molecule has 0 saturated heterocycles. The summed E-state index contributed by atoms with van der Waals surface area (Å²) in [5.41, 5.74) is 0. The standard InChI is InChI=1S/C32H48Cl2O6/c1-5-27(35)23(28(36)6-2)17-13-9-11-15-19-39-31-21-26(34)32(22-25(31)33)40-20-16-12-10-14-18-24(29(37)7-3)30(38)8-4/h21-24H,5-20H2,1-4H3. The molecule has 0 aliphatic heterocycles. The molecule has 0 saturated carbocycles. The van der Waals surface area contributed by atoms with Crippen LogP contribution in [0.2, 0.25) is 10.0 Å². The molecule has 6 nitrogen and oxygen atoms in total. The van der Waals surface area contributed by atoms with Gasteiger partial charge in [-0.25, -0.2) is 0 Å². The lowest BCUT2D eigenvalue weighted by Gasteiger charge is -2.14. The van der Waals surface area contributed by atoms with Gasteiger partial charge in [0, 0.05) is 37.8 Å². The second-order valence-corrected chi connectivity index (χ2v) is 11.0. The molecule has 1 rings (SSSR count). The lowest BCUT2D eigenvalue weighted by Crippen LogP contribution is -2.22. The monoisotopic (exact) mass is 598 g/mol. The van der Waals surface area contributed by atoms with Crippen LogP contribution in [0.15, 0.2) is 12.1 Å². The zero-order valence-corrected chi connectivity index (χ0v) is 26.3. The Morgan fingerprint density at radius 1 is 0.550 bits per heavy atom. The number of hydrogen-bond donors (Lipinski definition) is 0. The fourth-order valence-corrected chi connectivity index (χ4v) is 5.11. The summed E-state index contributed by atoms with van der Waals surface area (Å²) in [4.78, 5) is 48.1. The predicted octanol–water partition coefficient (Wildman–Crippen LogP) is 8.80. The van der Waals surface area contributed by atoms with Crippen LogP contribution in [0.4, 0.5) is 0 Å². The number of ether oxygens (including phenoxy) is 2. The van der Waals surface area contributed by atoms with Gasteiger partial charge in [-0.2, -0.15) is 0 Å². The lowest BCUT2D eigenvalue weighted by atomic mass is 9.90. The zero-order chi connectivity index (χ0) is 29.9. The number of carbonyl (C=O) groups is 4. The van der Waals surface area contributed by atoms with E-state index in [1.54, 1.807) is 12.1 Å². The molecule has 1 aromatic rings. The van der Waals surface area contributed by atoms with Gasteiger partial charge in [-0.05, 0) is 25.7 Å². The minimum Gasteiger partial charge on any atom is -0.492 e. The van der Waals surface area contributed by atoms with Crippen molar-refractivity contribution in [1.29, 1.82) is 0 Å². The van der Waals surface area contributed by atoms with Crippen LogP contribution in [-0.4, -0.2) is 36.3 Å². The first-order valence-corrected chi connectivity index (χ1v) is 15.8. The number of benzene rings is 1. The Bertz CT molecular complexity index is 838.